The summed E-state index contributed by atoms with van der Waals surface area (Å²) in [4.78, 5) is 29.4. The molecule has 0 saturated heterocycles. The molecule has 6 aromatic rings. The van der Waals surface area contributed by atoms with Crippen LogP contribution in [0.1, 0.15) is 32.7 Å². The van der Waals surface area contributed by atoms with Crippen molar-refractivity contribution in [2.45, 2.75) is 12.1 Å². The number of hydrogen-bond donors (Lipinski definition) is 1. The fraction of sp³-hybridized carbons (Fsp3) is 0.0857. The molecule has 1 N–H and O–H groups in total. The van der Waals surface area contributed by atoms with Gasteiger partial charge >= 0.3 is 6.09 Å². The lowest BCUT2D eigenvalue weighted by atomic mass is 9.77. The van der Waals surface area contributed by atoms with Gasteiger partial charge in [0.15, 0.2) is 6.29 Å². The van der Waals surface area contributed by atoms with Crippen LogP contribution >= 0.6 is 0 Å². The minimum absolute atomic E-state index is 0.212. The summed E-state index contributed by atoms with van der Waals surface area (Å²) in [6, 6.07) is 38.5. The molecule has 4 aromatic carbocycles. The second-order valence-corrected chi connectivity index (χ2v) is 10.2. The summed E-state index contributed by atoms with van der Waals surface area (Å²) in [5.74, 6) is 0. The lowest BCUT2D eigenvalue weighted by molar-refractivity contribution is 0.111. The van der Waals surface area contributed by atoms with E-state index >= 15 is 0 Å². The number of hydrogen-bond acceptors (Lipinski definition) is 4. The number of rotatable bonds is 8. The molecule has 7 heteroatoms. The first-order valence-electron chi connectivity index (χ1n) is 13.6. The Hall–Kier alpha value is -5.56. The summed E-state index contributed by atoms with van der Waals surface area (Å²) in [5.41, 5.74) is 5.71. The fourth-order valence-corrected chi connectivity index (χ4v) is 5.64. The molecular weight excluding hydrogens is 524 g/mol. The van der Waals surface area contributed by atoms with Crippen molar-refractivity contribution in [2.24, 2.45) is 0 Å². The number of fused-ring (bicyclic) bond motifs is 1. The molecule has 0 aliphatic carbocycles. The van der Waals surface area contributed by atoms with Crippen LogP contribution in [-0.4, -0.2) is 44.2 Å². The molecule has 0 fully saturated rings. The van der Waals surface area contributed by atoms with E-state index in [2.05, 4.69) is 41.4 Å². The number of aldehydes is 1. The number of carboxylic acid groups (broad SMARTS) is 1. The first-order valence-corrected chi connectivity index (χ1v) is 13.6. The Morgan fingerprint density at radius 3 is 1.90 bits per heavy atom. The number of amides is 1. The smallest absolute Gasteiger partial charge is 0.407 e. The predicted molar refractivity (Wildman–Crippen MR) is 162 cm³/mol. The average Bonchev–Trinajstić information content (AvgIpc) is 3.41. The van der Waals surface area contributed by atoms with Gasteiger partial charge in [0.05, 0.1) is 12.1 Å². The quantitative estimate of drug-likeness (QED) is 0.165. The highest BCUT2D eigenvalue weighted by molar-refractivity contribution is 5.98. The van der Waals surface area contributed by atoms with Crippen LogP contribution in [0.25, 0.3) is 22.0 Å². The Bertz CT molecular complexity index is 1770. The molecule has 2 aromatic heterocycles. The van der Waals surface area contributed by atoms with Gasteiger partial charge in [-0.2, -0.15) is 5.10 Å². The number of pyridine rings is 1. The van der Waals surface area contributed by atoms with Crippen molar-refractivity contribution < 1.29 is 14.7 Å². The van der Waals surface area contributed by atoms with Crippen molar-refractivity contribution in [3.63, 3.8) is 0 Å². The molecule has 42 heavy (non-hydrogen) atoms. The van der Waals surface area contributed by atoms with E-state index in [0.717, 1.165) is 45.2 Å². The van der Waals surface area contributed by atoms with E-state index in [9.17, 15) is 14.7 Å². The second kappa shape index (κ2) is 11.1. The van der Waals surface area contributed by atoms with Crippen LogP contribution in [0.2, 0.25) is 0 Å². The molecule has 6 rings (SSSR count). The third-order valence-electron chi connectivity index (χ3n) is 7.59. The average molecular weight is 553 g/mol. The summed E-state index contributed by atoms with van der Waals surface area (Å²) >= 11 is 0. The third kappa shape index (κ3) is 4.61. The van der Waals surface area contributed by atoms with E-state index < -0.39 is 11.6 Å². The number of carbonyl (C=O) groups is 2. The molecule has 0 aliphatic heterocycles. The lowest BCUT2D eigenvalue weighted by Gasteiger charge is -2.37. The Morgan fingerprint density at radius 1 is 0.810 bits per heavy atom. The molecule has 0 atom stereocenters. The zero-order valence-electron chi connectivity index (χ0n) is 23.0. The number of carbonyl (C=O) groups excluding carboxylic acids is 1. The first kappa shape index (κ1) is 26.7. The summed E-state index contributed by atoms with van der Waals surface area (Å²) in [6.07, 6.45) is 3.18. The Morgan fingerprint density at radius 2 is 1.38 bits per heavy atom. The zero-order valence-corrected chi connectivity index (χ0v) is 23.0. The molecule has 206 valence electrons. The highest BCUT2D eigenvalue weighted by Gasteiger charge is 2.40. The lowest BCUT2D eigenvalue weighted by Crippen LogP contribution is -2.38. The molecule has 2 heterocycles. The number of benzene rings is 4. The van der Waals surface area contributed by atoms with Gasteiger partial charge in [0, 0.05) is 30.4 Å². The van der Waals surface area contributed by atoms with Crippen LogP contribution in [0.4, 0.5) is 4.79 Å². The molecule has 0 aliphatic rings. The normalized spacial score (nSPS) is 11.4. The minimum atomic E-state index is -1.01. The standard InChI is InChI=1S/C35H28N4O3/c1-38(34(41)42)23-25-19-27(22-36-21-25)26-17-18-33-31(20-26)32(24-40)37-39(33)35(28-11-5-2-6-12-28,29-13-7-3-8-14-29)30-15-9-4-10-16-30/h2-22,24H,23H2,1H3,(H,41,42). The maximum absolute atomic E-state index is 12.5. The summed E-state index contributed by atoms with van der Waals surface area (Å²) in [5, 5.41) is 15.0. The highest BCUT2D eigenvalue weighted by Crippen LogP contribution is 2.43. The van der Waals surface area contributed by atoms with Gasteiger partial charge in [0.1, 0.15) is 11.2 Å². The van der Waals surface area contributed by atoms with Gasteiger partial charge in [0.2, 0.25) is 0 Å². The predicted octanol–water partition coefficient (Wildman–Crippen LogP) is 6.86. The van der Waals surface area contributed by atoms with Crippen LogP contribution in [-0.2, 0) is 12.1 Å². The van der Waals surface area contributed by atoms with E-state index in [1.54, 1.807) is 12.4 Å². The van der Waals surface area contributed by atoms with Gasteiger partial charge in [0.25, 0.3) is 0 Å². The molecule has 0 saturated carbocycles. The Labute approximate surface area is 243 Å². The number of aromatic nitrogens is 3. The highest BCUT2D eigenvalue weighted by atomic mass is 16.4. The van der Waals surface area contributed by atoms with Gasteiger partial charge < -0.3 is 10.0 Å². The van der Waals surface area contributed by atoms with Crippen molar-refractivity contribution in [1.29, 1.82) is 0 Å². The van der Waals surface area contributed by atoms with Crippen LogP contribution in [0.15, 0.2) is 128 Å². The van der Waals surface area contributed by atoms with Crippen LogP contribution < -0.4 is 0 Å². The van der Waals surface area contributed by atoms with Crippen molar-refractivity contribution in [3.05, 3.63) is 156 Å². The Kier molecular flexibility index (Phi) is 7.07. The molecule has 0 spiro atoms. The topological polar surface area (TPSA) is 88.3 Å². The van der Waals surface area contributed by atoms with Gasteiger partial charge in [-0.15, -0.1) is 0 Å². The molecular formula is C35H28N4O3. The second-order valence-electron chi connectivity index (χ2n) is 10.2. The molecule has 7 nitrogen and oxygen atoms in total. The maximum atomic E-state index is 12.5. The van der Waals surface area contributed by atoms with E-state index in [0.29, 0.717) is 11.1 Å². The summed E-state index contributed by atoms with van der Waals surface area (Å²) < 4.78 is 1.96. The van der Waals surface area contributed by atoms with Crippen LogP contribution in [0, 0.1) is 0 Å². The van der Waals surface area contributed by atoms with E-state index in [1.165, 1.54) is 11.9 Å². The van der Waals surface area contributed by atoms with Crippen molar-refractivity contribution in [1.82, 2.24) is 19.7 Å². The molecule has 1 amide bonds. The SMILES string of the molecule is CN(Cc1cncc(-c2ccc3c(c2)c(C=O)nn3C(c2ccccc2)(c2ccccc2)c2ccccc2)c1)C(=O)O. The van der Waals surface area contributed by atoms with Gasteiger partial charge in [-0.1, -0.05) is 97.1 Å². The number of nitrogens with zero attached hydrogens (tertiary/aromatic N) is 4. The zero-order chi connectivity index (χ0) is 29.1. The largest absolute Gasteiger partial charge is 0.465 e. The molecule has 0 radical (unpaired) electrons. The van der Waals surface area contributed by atoms with Crippen LogP contribution in [0.3, 0.4) is 0 Å². The summed E-state index contributed by atoms with van der Waals surface area (Å²) in [6.45, 7) is 0.212. The van der Waals surface area contributed by atoms with E-state index in [4.69, 9.17) is 5.10 Å². The fourth-order valence-electron chi connectivity index (χ4n) is 5.64. The monoisotopic (exact) mass is 552 g/mol. The van der Waals surface area contributed by atoms with Gasteiger partial charge in [-0.05, 0) is 46.0 Å². The van der Waals surface area contributed by atoms with Crippen molar-refractivity contribution >= 4 is 23.3 Å². The first-order chi connectivity index (χ1) is 20.5. The summed E-state index contributed by atoms with van der Waals surface area (Å²) in [7, 11) is 1.52. The van der Waals surface area contributed by atoms with Gasteiger partial charge in [-0.25, -0.2) is 9.48 Å². The van der Waals surface area contributed by atoms with Crippen LogP contribution in [0.5, 0.6) is 0 Å². The maximum Gasteiger partial charge on any atom is 0.407 e. The van der Waals surface area contributed by atoms with E-state index in [-0.39, 0.29) is 6.54 Å². The minimum Gasteiger partial charge on any atom is -0.465 e. The third-order valence-corrected chi connectivity index (χ3v) is 7.59. The van der Waals surface area contributed by atoms with Gasteiger partial charge in [-0.3, -0.25) is 9.78 Å². The Balaban J connectivity index is 1.60. The molecule has 0 bridgehead atoms. The van der Waals surface area contributed by atoms with E-state index in [1.807, 2.05) is 83.5 Å². The molecule has 0 unspecified atom stereocenters. The van der Waals surface area contributed by atoms with Crippen molar-refractivity contribution in [2.75, 3.05) is 7.05 Å². The van der Waals surface area contributed by atoms with Crippen molar-refractivity contribution in [3.8, 4) is 11.1 Å².